The molecule has 0 aromatic heterocycles. The lowest BCUT2D eigenvalue weighted by Gasteiger charge is -2.31. The van der Waals surface area contributed by atoms with Gasteiger partial charge < -0.3 is 14.7 Å². The van der Waals surface area contributed by atoms with Crippen LogP contribution in [0.15, 0.2) is 57.9 Å². The minimum Gasteiger partial charge on any atom is -0.480 e. The molecule has 2 atom stereocenters. The van der Waals surface area contributed by atoms with E-state index < -0.39 is 44.9 Å². The summed E-state index contributed by atoms with van der Waals surface area (Å²) in [7, 11) is -1.47. The lowest BCUT2D eigenvalue weighted by atomic mass is 10.1. The smallest absolute Gasteiger partial charge is 0.414 e. The Morgan fingerprint density at radius 3 is 2.22 bits per heavy atom. The molecule has 0 radical (unpaired) electrons. The van der Waals surface area contributed by atoms with Crippen LogP contribution in [0, 0.1) is 0 Å². The van der Waals surface area contributed by atoms with E-state index >= 15 is 0 Å². The molecule has 13 heteroatoms. The summed E-state index contributed by atoms with van der Waals surface area (Å²) in [4.78, 5) is 38.9. The van der Waals surface area contributed by atoms with Gasteiger partial charge in [0.1, 0.15) is 17.2 Å². The molecule has 2 aromatic rings. The fraction of sp³-hybridized carbons (Fsp3) is 0.375. The maximum atomic E-state index is 13.7. The van der Waals surface area contributed by atoms with Crippen LogP contribution in [-0.4, -0.2) is 77.5 Å². The Hall–Kier alpha value is -2.61. The van der Waals surface area contributed by atoms with Gasteiger partial charge in [-0.2, -0.15) is 0 Å². The maximum Gasteiger partial charge on any atom is 0.414 e. The second kappa shape index (κ2) is 11.4. The van der Waals surface area contributed by atoms with E-state index in [0.29, 0.717) is 20.1 Å². The van der Waals surface area contributed by atoms with Crippen LogP contribution in [0.2, 0.25) is 0 Å². The molecule has 10 nitrogen and oxygen atoms in total. The molecular formula is C24H28BrN3O7S2. The number of sulfonamides is 1. The number of benzene rings is 2. The number of carboxylic acid groups (broad SMARTS) is 1. The molecule has 0 spiro atoms. The Balaban J connectivity index is 1.98. The molecule has 0 bridgehead atoms. The number of carboxylic acids is 1. The number of amides is 2. The lowest BCUT2D eigenvalue weighted by molar-refractivity contribution is -0.146. The molecule has 1 aliphatic heterocycles. The molecule has 3 rings (SSSR count). The first kappa shape index (κ1) is 29.0. The van der Waals surface area contributed by atoms with Crippen LogP contribution in [0.5, 0.6) is 5.75 Å². The molecule has 0 unspecified atom stereocenters. The van der Waals surface area contributed by atoms with Crippen LogP contribution in [0.1, 0.15) is 19.4 Å². The largest absolute Gasteiger partial charge is 0.480 e. The maximum absolute atomic E-state index is 13.7. The van der Waals surface area contributed by atoms with Gasteiger partial charge in [-0.25, -0.2) is 22.3 Å². The molecular weight excluding hydrogens is 586 g/mol. The fourth-order valence-electron chi connectivity index (χ4n) is 3.52. The van der Waals surface area contributed by atoms with Crippen LogP contribution in [-0.2, 0) is 26.0 Å². The van der Waals surface area contributed by atoms with E-state index in [1.807, 2.05) is 13.8 Å². The zero-order valence-electron chi connectivity index (χ0n) is 20.7. The molecule has 37 heavy (non-hydrogen) atoms. The number of halogens is 1. The number of hydrogen-bond donors (Lipinski definition) is 2. The third-order valence-electron chi connectivity index (χ3n) is 5.44. The minimum absolute atomic E-state index is 0.205. The van der Waals surface area contributed by atoms with E-state index in [-0.39, 0.29) is 17.1 Å². The van der Waals surface area contributed by atoms with Crippen LogP contribution >= 0.6 is 27.7 Å². The predicted molar refractivity (Wildman–Crippen MR) is 143 cm³/mol. The van der Waals surface area contributed by atoms with Gasteiger partial charge in [-0.3, -0.25) is 10.1 Å². The Labute approximate surface area is 228 Å². The molecule has 0 saturated carbocycles. The molecule has 1 saturated heterocycles. The highest BCUT2D eigenvalue weighted by Gasteiger charge is 2.46. The van der Waals surface area contributed by atoms with Crippen molar-refractivity contribution >= 4 is 55.7 Å². The molecule has 200 valence electrons. The highest BCUT2D eigenvalue weighted by molar-refractivity contribution is 9.10. The van der Waals surface area contributed by atoms with Crippen molar-refractivity contribution in [2.45, 2.75) is 42.1 Å². The van der Waals surface area contributed by atoms with Crippen LogP contribution < -0.4 is 10.1 Å². The van der Waals surface area contributed by atoms with Crippen LogP contribution in [0.25, 0.3) is 0 Å². The second-order valence-corrected chi connectivity index (χ2v) is 13.1. The van der Waals surface area contributed by atoms with Gasteiger partial charge >= 0.3 is 12.1 Å². The Morgan fingerprint density at radius 1 is 1.14 bits per heavy atom. The Bertz CT molecular complexity index is 1270. The monoisotopic (exact) mass is 613 g/mol. The van der Waals surface area contributed by atoms with Crippen LogP contribution in [0.3, 0.4) is 0 Å². The highest BCUT2D eigenvalue weighted by atomic mass is 79.9. The lowest BCUT2D eigenvalue weighted by Crippen LogP contribution is -2.55. The molecule has 2 aromatic carbocycles. The van der Waals surface area contributed by atoms with Gasteiger partial charge in [-0.15, -0.1) is 11.8 Å². The zero-order chi connectivity index (χ0) is 27.5. The standard InChI is InChI=1S/C24H28BrN3O7S2/c1-24(2)14-36-20(26-24)21(29)28(37(33,34)18-11-7-16(25)8-12-18)19(22(30)31)13-15-5-9-17(10-6-15)35-23(32)27(3)4/h5-12,19-20,26H,13-14H2,1-4H3,(H,30,31)/t19-,20-/m0/s1. The number of ether oxygens (including phenoxy) is 1. The van der Waals surface area contributed by atoms with Crippen molar-refractivity contribution in [1.82, 2.24) is 14.5 Å². The first-order valence-electron chi connectivity index (χ1n) is 11.2. The average molecular weight is 615 g/mol. The normalized spacial score (nSPS) is 17.6. The van der Waals surface area contributed by atoms with Crippen molar-refractivity contribution in [2.24, 2.45) is 0 Å². The van der Waals surface area contributed by atoms with Gasteiger partial charge in [0.2, 0.25) is 0 Å². The molecule has 1 aliphatic rings. The summed E-state index contributed by atoms with van der Waals surface area (Å²) in [5.41, 5.74) is 0.00422. The number of carbonyl (C=O) groups is 3. The predicted octanol–water partition coefficient (Wildman–Crippen LogP) is 3.16. The van der Waals surface area contributed by atoms with E-state index in [2.05, 4.69) is 21.2 Å². The summed E-state index contributed by atoms with van der Waals surface area (Å²) in [5.74, 6) is -1.55. The molecule has 0 aliphatic carbocycles. The van der Waals surface area contributed by atoms with Gasteiger partial charge in [-0.1, -0.05) is 28.1 Å². The van der Waals surface area contributed by atoms with Crippen molar-refractivity contribution in [3.05, 3.63) is 58.6 Å². The third-order valence-corrected chi connectivity index (χ3v) is 9.33. The SMILES string of the molecule is CN(C)C(=O)Oc1ccc(C[C@@H](C(=O)O)N(C(=O)[C@H]2NC(C)(C)CS2)S(=O)(=O)c2ccc(Br)cc2)cc1. The average Bonchev–Trinajstić information content (AvgIpc) is 3.19. The number of aliphatic carboxylic acids is 1. The summed E-state index contributed by atoms with van der Waals surface area (Å²) in [6, 6.07) is 9.91. The number of rotatable bonds is 8. The number of nitrogens with zero attached hydrogens (tertiary/aromatic N) is 2. The summed E-state index contributed by atoms with van der Waals surface area (Å²) in [5, 5.41) is 12.3. The molecule has 1 fully saturated rings. The van der Waals surface area contributed by atoms with Crippen molar-refractivity contribution in [3.8, 4) is 5.75 Å². The van der Waals surface area contributed by atoms with Gasteiger partial charge in [0, 0.05) is 36.3 Å². The van der Waals surface area contributed by atoms with Crippen molar-refractivity contribution in [2.75, 3.05) is 19.8 Å². The first-order chi connectivity index (χ1) is 17.2. The quantitative estimate of drug-likeness (QED) is 0.460. The zero-order valence-corrected chi connectivity index (χ0v) is 23.9. The van der Waals surface area contributed by atoms with Crippen molar-refractivity contribution < 1.29 is 32.6 Å². The van der Waals surface area contributed by atoms with Crippen LogP contribution in [0.4, 0.5) is 4.79 Å². The summed E-state index contributed by atoms with van der Waals surface area (Å²) >= 11 is 4.48. The first-order valence-corrected chi connectivity index (χ1v) is 14.4. The molecule has 2 amide bonds. The van der Waals surface area contributed by atoms with E-state index in [0.717, 1.165) is 0 Å². The summed E-state index contributed by atoms with van der Waals surface area (Å²) in [6.45, 7) is 3.75. The molecule has 1 heterocycles. The van der Waals surface area contributed by atoms with Crippen molar-refractivity contribution in [3.63, 3.8) is 0 Å². The van der Waals surface area contributed by atoms with Gasteiger partial charge in [0.25, 0.3) is 15.9 Å². The van der Waals surface area contributed by atoms with Gasteiger partial charge in [0.15, 0.2) is 0 Å². The summed E-state index contributed by atoms with van der Waals surface area (Å²) in [6.07, 6.45) is -0.877. The number of nitrogens with one attached hydrogen (secondary N) is 1. The highest BCUT2D eigenvalue weighted by Crippen LogP contribution is 2.31. The molecule has 2 N–H and O–H groups in total. The Morgan fingerprint density at radius 2 is 1.73 bits per heavy atom. The van der Waals surface area contributed by atoms with E-state index in [1.165, 1.54) is 79.3 Å². The topological polar surface area (TPSA) is 133 Å². The van der Waals surface area contributed by atoms with Gasteiger partial charge in [0.05, 0.1) is 4.90 Å². The Kier molecular flexibility index (Phi) is 8.93. The number of carbonyl (C=O) groups excluding carboxylic acids is 2. The third kappa shape index (κ3) is 7.03. The van der Waals surface area contributed by atoms with E-state index in [9.17, 15) is 27.9 Å². The van der Waals surface area contributed by atoms with Gasteiger partial charge in [-0.05, 0) is 55.8 Å². The number of thioether (sulfide) groups is 1. The summed E-state index contributed by atoms with van der Waals surface area (Å²) < 4.78 is 33.7. The van der Waals surface area contributed by atoms with Crippen molar-refractivity contribution in [1.29, 1.82) is 0 Å². The number of hydrogen-bond acceptors (Lipinski definition) is 8. The second-order valence-electron chi connectivity index (χ2n) is 9.28. The van der Waals surface area contributed by atoms with E-state index in [1.54, 1.807) is 0 Å². The fourth-order valence-corrected chi connectivity index (χ4v) is 6.72. The van der Waals surface area contributed by atoms with E-state index in [4.69, 9.17) is 4.74 Å². The minimum atomic E-state index is -4.54.